The van der Waals surface area contributed by atoms with E-state index in [1.807, 2.05) is 121 Å². The molecule has 0 unspecified atom stereocenters. The number of ether oxygens (including phenoxy) is 5. The van der Waals surface area contributed by atoms with E-state index < -0.39 is 42.1 Å². The Morgan fingerprint density at radius 1 is 0.660 bits per heavy atom. The van der Waals surface area contributed by atoms with E-state index in [4.69, 9.17) is 23.7 Å². The monoisotopic (exact) mass is 683 g/mol. The van der Waals surface area contributed by atoms with Crippen molar-refractivity contribution < 1.29 is 28.8 Å². The second-order valence-electron chi connectivity index (χ2n) is 12.5. The van der Waals surface area contributed by atoms with E-state index in [1.165, 1.54) is 11.3 Å². The van der Waals surface area contributed by atoms with Gasteiger partial charge in [0.25, 0.3) is 0 Å². The van der Waals surface area contributed by atoms with Crippen molar-refractivity contribution in [1.82, 2.24) is 4.98 Å². The molecule has 7 nitrogen and oxygen atoms in total. The van der Waals surface area contributed by atoms with Gasteiger partial charge in [0.05, 0.1) is 13.2 Å². The molecular formula is C42H37NO6S. The molecule has 5 aromatic carbocycles. The zero-order valence-corrected chi connectivity index (χ0v) is 28.0. The predicted octanol–water partition coefficient (Wildman–Crippen LogP) is 7.94. The van der Waals surface area contributed by atoms with Crippen LogP contribution in [-0.2, 0) is 34.9 Å². The molecule has 0 spiro atoms. The first-order valence-electron chi connectivity index (χ1n) is 16.8. The van der Waals surface area contributed by atoms with Gasteiger partial charge in [-0.05, 0) is 16.7 Å². The Bertz CT molecular complexity index is 1840. The quantitative estimate of drug-likeness (QED) is 0.147. The van der Waals surface area contributed by atoms with E-state index in [2.05, 4.69) is 41.4 Å². The molecule has 2 aliphatic heterocycles. The molecule has 0 radical (unpaired) electrons. The average Bonchev–Trinajstić information content (AvgIpc) is 3.89. The largest absolute Gasteiger partial charge is 0.377 e. The third kappa shape index (κ3) is 6.20. The Morgan fingerprint density at radius 2 is 1.16 bits per heavy atom. The molecule has 6 atom stereocenters. The van der Waals surface area contributed by atoms with E-state index in [0.717, 1.165) is 27.8 Å². The minimum atomic E-state index is -1.62. The summed E-state index contributed by atoms with van der Waals surface area (Å²) < 4.78 is 33.8. The molecule has 6 aromatic rings. The zero-order chi connectivity index (χ0) is 33.8. The van der Waals surface area contributed by atoms with E-state index >= 15 is 0 Å². The number of hydrogen-bond acceptors (Lipinski definition) is 8. The number of aromatic nitrogens is 1. The van der Waals surface area contributed by atoms with Crippen molar-refractivity contribution in [3.8, 4) is 0 Å². The molecule has 0 saturated carbocycles. The van der Waals surface area contributed by atoms with Crippen LogP contribution in [0.5, 0.6) is 0 Å². The van der Waals surface area contributed by atoms with Gasteiger partial charge in [-0.2, -0.15) is 0 Å². The third-order valence-corrected chi connectivity index (χ3v) is 10.3. The second-order valence-corrected chi connectivity index (χ2v) is 13.4. The Hall–Kier alpha value is -4.51. The van der Waals surface area contributed by atoms with Gasteiger partial charge >= 0.3 is 0 Å². The second kappa shape index (κ2) is 14.4. The lowest BCUT2D eigenvalue weighted by molar-refractivity contribution is -0.319. The lowest BCUT2D eigenvalue weighted by Gasteiger charge is -2.44. The Morgan fingerprint density at radius 3 is 1.66 bits per heavy atom. The highest BCUT2D eigenvalue weighted by Gasteiger charge is 2.57. The van der Waals surface area contributed by atoms with E-state index in [0.29, 0.717) is 5.01 Å². The molecule has 0 amide bonds. The molecule has 0 bridgehead atoms. The molecule has 8 rings (SSSR count). The normalized spacial score (nSPS) is 25.3. The maximum atomic E-state index is 12.5. The Labute approximate surface area is 295 Å². The van der Waals surface area contributed by atoms with Crippen LogP contribution in [0.2, 0.25) is 0 Å². The summed E-state index contributed by atoms with van der Waals surface area (Å²) in [6, 6.07) is 50.2. The van der Waals surface area contributed by atoms with Gasteiger partial charge in [0.15, 0.2) is 18.2 Å². The van der Waals surface area contributed by atoms with Crippen LogP contribution in [0.3, 0.4) is 0 Å². The summed E-state index contributed by atoms with van der Waals surface area (Å²) in [6.07, 6.45) is -2.15. The van der Waals surface area contributed by atoms with Crippen LogP contribution in [0.15, 0.2) is 163 Å². The van der Waals surface area contributed by atoms with Crippen molar-refractivity contribution in [2.24, 2.45) is 0 Å². The van der Waals surface area contributed by atoms with Gasteiger partial charge in [-0.1, -0.05) is 152 Å². The third-order valence-electron chi connectivity index (χ3n) is 9.39. The molecule has 1 aromatic heterocycles. The van der Waals surface area contributed by atoms with E-state index in [-0.39, 0.29) is 13.2 Å². The number of benzene rings is 5. The summed E-state index contributed by atoms with van der Waals surface area (Å²) in [5.74, 6) is 0. The van der Waals surface area contributed by atoms with Crippen molar-refractivity contribution in [2.45, 2.75) is 42.1 Å². The molecule has 8 heteroatoms. The summed E-state index contributed by atoms with van der Waals surface area (Å²) >= 11 is 1.35. The van der Waals surface area contributed by atoms with Gasteiger partial charge in [-0.3, -0.25) is 0 Å². The zero-order valence-electron chi connectivity index (χ0n) is 27.2. The van der Waals surface area contributed by atoms with Crippen LogP contribution in [0.25, 0.3) is 0 Å². The molecule has 2 aliphatic rings. The van der Waals surface area contributed by atoms with Gasteiger partial charge in [-0.15, -0.1) is 11.3 Å². The highest BCUT2D eigenvalue weighted by Crippen LogP contribution is 2.47. The Balaban J connectivity index is 1.21. The molecule has 252 valence electrons. The van der Waals surface area contributed by atoms with Gasteiger partial charge in [-0.25, -0.2) is 4.98 Å². The predicted molar refractivity (Wildman–Crippen MR) is 190 cm³/mol. The molecular weight excluding hydrogens is 647 g/mol. The van der Waals surface area contributed by atoms with Crippen molar-refractivity contribution in [3.63, 3.8) is 0 Å². The van der Waals surface area contributed by atoms with Crippen molar-refractivity contribution in [1.29, 1.82) is 0 Å². The first-order valence-corrected chi connectivity index (χ1v) is 17.6. The van der Waals surface area contributed by atoms with Crippen LogP contribution in [0.4, 0.5) is 0 Å². The summed E-state index contributed by atoms with van der Waals surface area (Å²) in [5.41, 5.74) is 1.99. The molecule has 0 aliphatic carbocycles. The standard InChI is InChI=1S/C42H37NO6S/c44-41(40-43-26-27-50-40)29-45-38(30-16-6-1-7-17-30)49-37(41)36-35(47-39(48-36)31-18-8-2-9-19-31)28-46-42(32-20-10-3-11-21-32,33-22-12-4-13-23-33)34-24-14-5-15-25-34/h1-27,35-39,44H,28-29H2/t35-,36+,37-,38+,39+,41+/m0/s1. The van der Waals surface area contributed by atoms with Gasteiger partial charge in [0.2, 0.25) is 0 Å². The SMILES string of the molecule is O[C@]1(c2nccs2)CO[C@@H](c2ccccc2)O[C@H]1[C@@H]1O[C@H](c2ccccc2)O[C@H]1COC(c1ccccc1)(c1ccccc1)c1ccccc1. The average molecular weight is 684 g/mol. The van der Waals surface area contributed by atoms with Gasteiger partial charge in [0, 0.05) is 22.7 Å². The molecule has 50 heavy (non-hydrogen) atoms. The van der Waals surface area contributed by atoms with Gasteiger partial charge in [0.1, 0.15) is 28.9 Å². The van der Waals surface area contributed by atoms with Crippen LogP contribution in [0.1, 0.15) is 45.4 Å². The fourth-order valence-corrected chi connectivity index (χ4v) is 7.72. The number of nitrogens with zero attached hydrogens (tertiary/aromatic N) is 1. The molecule has 2 saturated heterocycles. The van der Waals surface area contributed by atoms with Crippen molar-refractivity contribution >= 4 is 11.3 Å². The molecule has 3 heterocycles. The lowest BCUT2D eigenvalue weighted by atomic mass is 9.80. The minimum Gasteiger partial charge on any atom is -0.377 e. The number of aliphatic hydroxyl groups is 1. The summed E-state index contributed by atoms with van der Waals surface area (Å²) in [6.45, 7) is 0.0630. The van der Waals surface area contributed by atoms with Crippen molar-refractivity contribution in [3.05, 3.63) is 196 Å². The number of rotatable bonds is 10. The van der Waals surface area contributed by atoms with Crippen LogP contribution in [0, 0.1) is 0 Å². The van der Waals surface area contributed by atoms with Crippen LogP contribution >= 0.6 is 11.3 Å². The molecule has 2 fully saturated rings. The van der Waals surface area contributed by atoms with Crippen LogP contribution < -0.4 is 0 Å². The fourth-order valence-electron chi connectivity index (χ4n) is 6.97. The maximum Gasteiger partial charge on any atom is 0.184 e. The number of thiazole rings is 1. The fraction of sp³-hybridized carbons (Fsp3) is 0.214. The van der Waals surface area contributed by atoms with E-state index in [1.54, 1.807) is 6.20 Å². The Kier molecular flexibility index (Phi) is 9.40. The highest BCUT2D eigenvalue weighted by atomic mass is 32.1. The number of hydrogen-bond donors (Lipinski definition) is 1. The first kappa shape index (κ1) is 32.7. The smallest absolute Gasteiger partial charge is 0.184 e. The summed E-state index contributed by atoms with van der Waals surface area (Å²) in [4.78, 5) is 4.52. The van der Waals surface area contributed by atoms with E-state index in [9.17, 15) is 5.11 Å². The topological polar surface area (TPSA) is 79.3 Å². The lowest BCUT2D eigenvalue weighted by Crippen LogP contribution is -2.58. The van der Waals surface area contributed by atoms with Crippen molar-refractivity contribution in [2.75, 3.05) is 13.2 Å². The van der Waals surface area contributed by atoms with Crippen LogP contribution in [-0.4, -0.2) is 41.6 Å². The highest BCUT2D eigenvalue weighted by molar-refractivity contribution is 7.09. The summed E-state index contributed by atoms with van der Waals surface area (Å²) in [5, 5.41) is 14.8. The first-order chi connectivity index (χ1) is 24.6. The molecule has 1 N–H and O–H groups in total. The van der Waals surface area contributed by atoms with Gasteiger partial charge < -0.3 is 28.8 Å². The maximum absolute atomic E-state index is 12.5. The minimum absolute atomic E-state index is 0.0455. The summed E-state index contributed by atoms with van der Waals surface area (Å²) in [7, 11) is 0.